The molecule has 0 bridgehead atoms. The lowest BCUT2D eigenvalue weighted by atomic mass is 10.3. The van der Waals surface area contributed by atoms with E-state index in [0.29, 0.717) is 29.5 Å². The minimum Gasteiger partial charge on any atom is -0.383 e. The van der Waals surface area contributed by atoms with Crippen molar-refractivity contribution in [3.8, 4) is 11.5 Å². The molecule has 9 heteroatoms. The van der Waals surface area contributed by atoms with E-state index in [0.717, 1.165) is 10.4 Å². The van der Waals surface area contributed by atoms with Gasteiger partial charge in [0.25, 0.3) is 0 Å². The fourth-order valence-electron chi connectivity index (χ4n) is 1.97. The van der Waals surface area contributed by atoms with Gasteiger partial charge in [0.05, 0.1) is 11.9 Å². The van der Waals surface area contributed by atoms with Crippen LogP contribution in [0, 0.1) is 0 Å². The van der Waals surface area contributed by atoms with Crippen LogP contribution in [-0.2, 0) is 6.54 Å². The normalized spacial score (nSPS) is 11.2. The van der Waals surface area contributed by atoms with Crippen LogP contribution in [0.4, 0.5) is 5.82 Å². The van der Waals surface area contributed by atoms with Gasteiger partial charge in [-0.15, -0.1) is 11.3 Å². The summed E-state index contributed by atoms with van der Waals surface area (Å²) >= 11 is 2.94. The molecule has 0 aliphatic heterocycles. The zero-order valence-electron chi connectivity index (χ0n) is 10.7. The van der Waals surface area contributed by atoms with Gasteiger partial charge >= 0.3 is 0 Å². The molecule has 4 aromatic heterocycles. The average Bonchev–Trinajstić information content (AvgIpc) is 3.19. The van der Waals surface area contributed by atoms with Gasteiger partial charge in [-0.05, 0) is 17.6 Å². The molecule has 7 nitrogen and oxygen atoms in total. The summed E-state index contributed by atoms with van der Waals surface area (Å²) in [7, 11) is 0. The van der Waals surface area contributed by atoms with E-state index in [2.05, 4.69) is 24.4 Å². The van der Waals surface area contributed by atoms with E-state index >= 15 is 0 Å². The number of hydrogen-bond acceptors (Lipinski definition) is 8. The van der Waals surface area contributed by atoms with E-state index in [1.54, 1.807) is 22.2 Å². The smallest absolute Gasteiger partial charge is 0.187 e. The van der Waals surface area contributed by atoms with Crippen molar-refractivity contribution < 1.29 is 0 Å². The molecule has 0 unspecified atom stereocenters. The van der Waals surface area contributed by atoms with Crippen LogP contribution in [0.2, 0.25) is 0 Å². The van der Waals surface area contributed by atoms with Crippen molar-refractivity contribution in [2.24, 2.45) is 0 Å². The zero-order valence-corrected chi connectivity index (χ0v) is 12.3. The Hall–Kier alpha value is -2.39. The molecule has 0 saturated heterocycles. The Labute approximate surface area is 127 Å². The Bertz CT molecular complexity index is 880. The maximum absolute atomic E-state index is 6.01. The summed E-state index contributed by atoms with van der Waals surface area (Å²) in [6.45, 7) is 0.597. The van der Waals surface area contributed by atoms with E-state index in [1.807, 2.05) is 23.0 Å². The van der Waals surface area contributed by atoms with Crippen molar-refractivity contribution in [2.45, 2.75) is 6.54 Å². The second-order valence-electron chi connectivity index (χ2n) is 4.31. The number of aromatic nitrogens is 6. The van der Waals surface area contributed by atoms with E-state index in [-0.39, 0.29) is 0 Å². The summed E-state index contributed by atoms with van der Waals surface area (Å²) in [6.07, 6.45) is 3.62. The molecule has 0 aromatic carbocycles. The third-order valence-electron chi connectivity index (χ3n) is 2.90. The molecule has 0 aliphatic rings. The van der Waals surface area contributed by atoms with E-state index in [9.17, 15) is 0 Å². The highest BCUT2D eigenvalue weighted by Gasteiger charge is 2.12. The Morgan fingerprint density at radius 1 is 1.24 bits per heavy atom. The van der Waals surface area contributed by atoms with Crippen LogP contribution >= 0.6 is 22.9 Å². The van der Waals surface area contributed by atoms with E-state index < -0.39 is 0 Å². The number of nitrogen functional groups attached to an aromatic ring is 1. The molecule has 104 valence electrons. The number of rotatable bonds is 3. The predicted molar refractivity (Wildman–Crippen MR) is 82.1 cm³/mol. The SMILES string of the molecule is Nc1nc(-c2ccsn2)nc2nn(Cc3nccs3)cc12. The molecule has 0 radical (unpaired) electrons. The van der Waals surface area contributed by atoms with Gasteiger partial charge in [-0.1, -0.05) is 0 Å². The summed E-state index contributed by atoms with van der Waals surface area (Å²) in [5, 5.41) is 9.98. The average molecular weight is 315 g/mol. The largest absolute Gasteiger partial charge is 0.383 e. The highest BCUT2D eigenvalue weighted by Crippen LogP contribution is 2.22. The highest BCUT2D eigenvalue weighted by atomic mass is 32.1. The first-order valence-electron chi connectivity index (χ1n) is 6.09. The molecule has 0 saturated carbocycles. The molecule has 0 amide bonds. The third kappa shape index (κ3) is 2.26. The Balaban J connectivity index is 1.78. The lowest BCUT2D eigenvalue weighted by molar-refractivity contribution is 0.689. The van der Waals surface area contributed by atoms with Crippen LogP contribution in [0.1, 0.15) is 5.01 Å². The molecule has 4 heterocycles. The topological polar surface area (TPSA) is 95.4 Å². The van der Waals surface area contributed by atoms with Gasteiger partial charge < -0.3 is 5.73 Å². The molecular formula is C12H9N7S2. The second kappa shape index (κ2) is 4.86. The minimum atomic E-state index is 0.411. The van der Waals surface area contributed by atoms with Crippen LogP contribution in [0.15, 0.2) is 29.2 Å². The van der Waals surface area contributed by atoms with Crippen molar-refractivity contribution in [1.82, 2.24) is 29.1 Å². The number of nitrogens with zero attached hydrogens (tertiary/aromatic N) is 6. The second-order valence-corrected chi connectivity index (χ2v) is 5.95. The van der Waals surface area contributed by atoms with Gasteiger partial charge in [0.15, 0.2) is 11.5 Å². The van der Waals surface area contributed by atoms with Crippen LogP contribution in [-0.4, -0.2) is 29.1 Å². The van der Waals surface area contributed by atoms with Gasteiger partial charge in [0.1, 0.15) is 16.5 Å². The molecule has 21 heavy (non-hydrogen) atoms. The Morgan fingerprint density at radius 2 is 2.19 bits per heavy atom. The monoisotopic (exact) mass is 315 g/mol. The number of nitrogens with two attached hydrogens (primary N) is 1. The van der Waals surface area contributed by atoms with Gasteiger partial charge in [0, 0.05) is 23.2 Å². The molecule has 0 spiro atoms. The first-order chi connectivity index (χ1) is 10.3. The Kier molecular flexibility index (Phi) is 2.86. The summed E-state index contributed by atoms with van der Waals surface area (Å²) in [6, 6.07) is 1.86. The van der Waals surface area contributed by atoms with Crippen molar-refractivity contribution in [3.05, 3.63) is 34.2 Å². The summed E-state index contributed by atoms with van der Waals surface area (Å²) in [5.74, 6) is 0.911. The molecule has 4 rings (SSSR count). The Morgan fingerprint density at radius 3 is 2.95 bits per heavy atom. The lowest BCUT2D eigenvalue weighted by Crippen LogP contribution is -1.99. The van der Waals surface area contributed by atoms with E-state index in [4.69, 9.17) is 5.73 Å². The molecular weight excluding hydrogens is 306 g/mol. The third-order valence-corrected chi connectivity index (χ3v) is 4.23. The molecule has 2 N–H and O–H groups in total. The van der Waals surface area contributed by atoms with Crippen molar-refractivity contribution in [1.29, 1.82) is 0 Å². The maximum atomic E-state index is 6.01. The van der Waals surface area contributed by atoms with E-state index in [1.165, 1.54) is 11.5 Å². The van der Waals surface area contributed by atoms with Gasteiger partial charge in [-0.3, -0.25) is 4.68 Å². The van der Waals surface area contributed by atoms with Crippen LogP contribution in [0.3, 0.4) is 0 Å². The van der Waals surface area contributed by atoms with Gasteiger partial charge in [-0.2, -0.15) is 9.47 Å². The molecule has 0 aliphatic carbocycles. The summed E-state index contributed by atoms with van der Waals surface area (Å²) < 4.78 is 6.00. The number of anilines is 1. The first kappa shape index (κ1) is 12.4. The molecule has 4 aromatic rings. The minimum absolute atomic E-state index is 0.411. The van der Waals surface area contributed by atoms with Crippen LogP contribution in [0.5, 0.6) is 0 Å². The van der Waals surface area contributed by atoms with Crippen molar-refractivity contribution in [2.75, 3.05) is 5.73 Å². The highest BCUT2D eigenvalue weighted by molar-refractivity contribution is 7.09. The quantitative estimate of drug-likeness (QED) is 0.621. The lowest BCUT2D eigenvalue weighted by Gasteiger charge is -1.97. The molecule has 0 atom stereocenters. The van der Waals surface area contributed by atoms with Crippen LogP contribution < -0.4 is 5.73 Å². The maximum Gasteiger partial charge on any atom is 0.187 e. The van der Waals surface area contributed by atoms with Crippen molar-refractivity contribution >= 4 is 39.7 Å². The van der Waals surface area contributed by atoms with Gasteiger partial charge in [0.2, 0.25) is 0 Å². The number of hydrogen-bond donors (Lipinski definition) is 1. The predicted octanol–water partition coefficient (Wildman–Crippen LogP) is 2.04. The summed E-state index contributed by atoms with van der Waals surface area (Å²) in [5.41, 5.74) is 7.29. The number of fused-ring (bicyclic) bond motifs is 1. The first-order valence-corrected chi connectivity index (χ1v) is 7.81. The fraction of sp³-hybridized carbons (Fsp3) is 0.0833. The number of thiazole rings is 1. The van der Waals surface area contributed by atoms with Gasteiger partial charge in [-0.25, -0.2) is 15.0 Å². The molecule has 0 fully saturated rings. The van der Waals surface area contributed by atoms with Crippen LogP contribution in [0.25, 0.3) is 22.6 Å². The standard InChI is InChI=1S/C12H9N7S2/c13-10-7-5-19(6-9-14-2-4-20-9)17-11(7)16-12(15-10)8-1-3-21-18-8/h1-5H,6H2,(H2,13,15,16,17). The summed E-state index contributed by atoms with van der Waals surface area (Å²) in [4.78, 5) is 13.0. The van der Waals surface area contributed by atoms with Crippen molar-refractivity contribution in [3.63, 3.8) is 0 Å². The zero-order chi connectivity index (χ0) is 14.2. The fourth-order valence-corrected chi connectivity index (χ4v) is 3.08.